The van der Waals surface area contributed by atoms with Crippen molar-refractivity contribution in [1.82, 2.24) is 15.1 Å². The molecular formula is C17H23N3O3. The van der Waals surface area contributed by atoms with E-state index in [1.54, 1.807) is 0 Å². The molecule has 0 spiro atoms. The van der Waals surface area contributed by atoms with Gasteiger partial charge >= 0.3 is 5.97 Å². The molecule has 124 valence electrons. The minimum atomic E-state index is -0.0981. The number of esters is 1. The summed E-state index contributed by atoms with van der Waals surface area (Å²) in [5.41, 5.74) is 1.10. The number of cyclic esters (lactones) is 1. The molecule has 6 nitrogen and oxygen atoms in total. The van der Waals surface area contributed by atoms with Gasteiger partial charge in [-0.1, -0.05) is 30.3 Å². The number of benzene rings is 1. The molecule has 6 heteroatoms. The summed E-state index contributed by atoms with van der Waals surface area (Å²) in [5.74, 6) is -0.0540. The normalized spacial score (nSPS) is 22.8. The lowest BCUT2D eigenvalue weighted by Gasteiger charge is -2.36. The molecule has 3 rings (SSSR count). The van der Waals surface area contributed by atoms with Crippen LogP contribution in [-0.4, -0.2) is 67.0 Å². The molecule has 1 N–H and O–H groups in total. The van der Waals surface area contributed by atoms with Crippen LogP contribution in [0.5, 0.6) is 0 Å². The van der Waals surface area contributed by atoms with Gasteiger partial charge in [-0.2, -0.15) is 0 Å². The Labute approximate surface area is 136 Å². The first-order valence-corrected chi connectivity index (χ1v) is 8.16. The van der Waals surface area contributed by atoms with Crippen molar-refractivity contribution < 1.29 is 14.3 Å². The number of carbonyl (C=O) groups is 2. The van der Waals surface area contributed by atoms with Gasteiger partial charge in [-0.15, -0.1) is 0 Å². The zero-order valence-corrected chi connectivity index (χ0v) is 13.2. The number of carbonyl (C=O) groups excluding carboxylic acids is 2. The van der Waals surface area contributed by atoms with Gasteiger partial charge in [-0.05, 0) is 5.56 Å². The van der Waals surface area contributed by atoms with Crippen LogP contribution < -0.4 is 5.32 Å². The van der Waals surface area contributed by atoms with E-state index in [0.717, 1.165) is 38.2 Å². The third-order valence-electron chi connectivity index (χ3n) is 4.46. The number of piperazine rings is 1. The van der Waals surface area contributed by atoms with Gasteiger partial charge < -0.3 is 10.1 Å². The Bertz CT molecular complexity index is 541. The molecule has 0 aromatic heterocycles. The summed E-state index contributed by atoms with van der Waals surface area (Å²) in [6.45, 7) is 4.75. The maximum atomic E-state index is 12.0. The first-order valence-electron chi connectivity index (χ1n) is 8.16. The average molecular weight is 317 g/mol. The number of amides is 1. The van der Waals surface area contributed by atoms with Crippen LogP contribution in [0.2, 0.25) is 0 Å². The summed E-state index contributed by atoms with van der Waals surface area (Å²) in [7, 11) is 0. The van der Waals surface area contributed by atoms with Crippen molar-refractivity contribution in [3.8, 4) is 0 Å². The monoisotopic (exact) mass is 317 g/mol. The third kappa shape index (κ3) is 4.30. The summed E-state index contributed by atoms with van der Waals surface area (Å²) >= 11 is 0. The Hall–Kier alpha value is -1.92. The molecule has 1 unspecified atom stereocenters. The second kappa shape index (κ2) is 7.57. The Balaban J connectivity index is 1.38. The molecule has 1 aromatic carbocycles. The second-order valence-corrected chi connectivity index (χ2v) is 6.05. The summed E-state index contributed by atoms with van der Waals surface area (Å²) in [6, 6.07) is 9.82. The number of nitrogens with zero attached hydrogens (tertiary/aromatic N) is 2. The Kier molecular flexibility index (Phi) is 5.25. The van der Waals surface area contributed by atoms with E-state index in [-0.39, 0.29) is 17.9 Å². The average Bonchev–Trinajstić information content (AvgIpc) is 3.01. The molecule has 0 aliphatic carbocycles. The molecule has 1 aromatic rings. The maximum Gasteiger partial charge on any atom is 0.323 e. The Morgan fingerprint density at radius 1 is 1.17 bits per heavy atom. The lowest BCUT2D eigenvalue weighted by atomic mass is 10.2. The van der Waals surface area contributed by atoms with Gasteiger partial charge in [-0.3, -0.25) is 19.4 Å². The molecular weight excluding hydrogens is 294 g/mol. The van der Waals surface area contributed by atoms with Crippen LogP contribution in [0.4, 0.5) is 0 Å². The van der Waals surface area contributed by atoms with Crippen molar-refractivity contribution in [1.29, 1.82) is 0 Å². The van der Waals surface area contributed by atoms with Crippen LogP contribution in [0, 0.1) is 0 Å². The molecule has 2 aliphatic rings. The molecule has 2 saturated heterocycles. The first-order chi connectivity index (χ1) is 11.2. The Morgan fingerprint density at radius 2 is 1.91 bits per heavy atom. The van der Waals surface area contributed by atoms with Crippen LogP contribution in [-0.2, 0) is 20.9 Å². The summed E-state index contributed by atoms with van der Waals surface area (Å²) in [5, 5.41) is 2.95. The molecule has 1 amide bonds. The highest BCUT2D eigenvalue weighted by Gasteiger charge is 2.34. The predicted octanol–water partition coefficient (Wildman–Crippen LogP) is 0.236. The van der Waals surface area contributed by atoms with Crippen LogP contribution in [0.1, 0.15) is 12.0 Å². The van der Waals surface area contributed by atoms with E-state index in [9.17, 15) is 9.59 Å². The second-order valence-electron chi connectivity index (χ2n) is 6.05. The van der Waals surface area contributed by atoms with E-state index in [2.05, 4.69) is 15.1 Å². The standard InChI is InChI=1S/C17H23N3O3/c21-16(18-12-14-4-2-1-3-5-14)13-19-7-9-20(10-8-19)15-6-11-23-17(15)22/h1-5,15H,6-13H2,(H,18,21). The van der Waals surface area contributed by atoms with Crippen LogP contribution in [0.25, 0.3) is 0 Å². The minimum absolute atomic E-state index is 0.0441. The van der Waals surface area contributed by atoms with Crippen molar-refractivity contribution in [2.75, 3.05) is 39.3 Å². The molecule has 1 atom stereocenters. The molecule has 2 aliphatic heterocycles. The predicted molar refractivity (Wildman–Crippen MR) is 85.7 cm³/mol. The maximum absolute atomic E-state index is 12.0. The SMILES string of the molecule is O=C(CN1CCN(C2CCOC2=O)CC1)NCc1ccccc1. The van der Waals surface area contributed by atoms with Crippen LogP contribution in [0.15, 0.2) is 30.3 Å². The molecule has 23 heavy (non-hydrogen) atoms. The topological polar surface area (TPSA) is 61.9 Å². The van der Waals surface area contributed by atoms with Gasteiger partial charge in [-0.25, -0.2) is 0 Å². The van der Waals surface area contributed by atoms with Gasteiger partial charge in [0.05, 0.1) is 13.2 Å². The smallest absolute Gasteiger partial charge is 0.323 e. The fourth-order valence-corrected chi connectivity index (χ4v) is 3.11. The zero-order valence-electron chi connectivity index (χ0n) is 13.2. The van der Waals surface area contributed by atoms with E-state index in [4.69, 9.17) is 4.74 Å². The van der Waals surface area contributed by atoms with E-state index in [0.29, 0.717) is 19.7 Å². The van der Waals surface area contributed by atoms with Crippen molar-refractivity contribution in [2.24, 2.45) is 0 Å². The summed E-state index contributed by atoms with van der Waals surface area (Å²) < 4.78 is 5.03. The van der Waals surface area contributed by atoms with Gasteiger partial charge in [0.1, 0.15) is 6.04 Å². The van der Waals surface area contributed by atoms with E-state index < -0.39 is 0 Å². The summed E-state index contributed by atoms with van der Waals surface area (Å²) in [4.78, 5) is 28.0. The van der Waals surface area contributed by atoms with E-state index in [1.165, 1.54) is 0 Å². The highest BCUT2D eigenvalue weighted by molar-refractivity contribution is 5.78. The quantitative estimate of drug-likeness (QED) is 0.788. The zero-order chi connectivity index (χ0) is 16.1. The summed E-state index contributed by atoms with van der Waals surface area (Å²) in [6.07, 6.45) is 0.788. The fraction of sp³-hybridized carbons (Fsp3) is 0.529. The molecule has 0 saturated carbocycles. The van der Waals surface area contributed by atoms with Crippen molar-refractivity contribution in [2.45, 2.75) is 19.0 Å². The third-order valence-corrected chi connectivity index (χ3v) is 4.46. The van der Waals surface area contributed by atoms with Crippen molar-refractivity contribution >= 4 is 11.9 Å². The van der Waals surface area contributed by atoms with Crippen molar-refractivity contribution in [3.05, 3.63) is 35.9 Å². The minimum Gasteiger partial charge on any atom is -0.464 e. The van der Waals surface area contributed by atoms with Crippen LogP contribution in [0.3, 0.4) is 0 Å². The first kappa shape index (κ1) is 16.0. The van der Waals surface area contributed by atoms with Gasteiger partial charge in [0, 0.05) is 39.1 Å². The number of rotatable bonds is 5. The lowest BCUT2D eigenvalue weighted by Crippen LogP contribution is -2.53. The van der Waals surface area contributed by atoms with Crippen LogP contribution >= 0.6 is 0 Å². The molecule has 2 fully saturated rings. The largest absolute Gasteiger partial charge is 0.464 e. The van der Waals surface area contributed by atoms with Crippen molar-refractivity contribution in [3.63, 3.8) is 0 Å². The number of hydrogen-bond acceptors (Lipinski definition) is 5. The molecule has 2 heterocycles. The lowest BCUT2D eigenvalue weighted by molar-refractivity contribution is -0.143. The van der Waals surface area contributed by atoms with Gasteiger partial charge in [0.15, 0.2) is 0 Å². The Morgan fingerprint density at radius 3 is 2.57 bits per heavy atom. The number of ether oxygens (including phenoxy) is 1. The fourth-order valence-electron chi connectivity index (χ4n) is 3.11. The van der Waals surface area contributed by atoms with Gasteiger partial charge in [0.25, 0.3) is 0 Å². The van der Waals surface area contributed by atoms with Gasteiger partial charge in [0.2, 0.25) is 5.91 Å². The van der Waals surface area contributed by atoms with E-state index >= 15 is 0 Å². The molecule has 0 bridgehead atoms. The highest BCUT2D eigenvalue weighted by atomic mass is 16.5. The number of nitrogens with one attached hydrogen (secondary N) is 1. The van der Waals surface area contributed by atoms with E-state index in [1.807, 2.05) is 30.3 Å². The molecule has 0 radical (unpaired) electrons. The highest BCUT2D eigenvalue weighted by Crippen LogP contribution is 2.16. The number of hydrogen-bond donors (Lipinski definition) is 1.